The fraction of sp³-hybridized carbons (Fsp3) is 0.421. The van der Waals surface area contributed by atoms with E-state index in [9.17, 15) is 0 Å². The summed E-state index contributed by atoms with van der Waals surface area (Å²) in [5, 5.41) is 6.11. The summed E-state index contributed by atoms with van der Waals surface area (Å²) in [7, 11) is 0. The third kappa shape index (κ3) is 6.66. The number of benzene rings is 4. The molecule has 1 fully saturated rings. The first kappa shape index (κ1) is 28.8. The number of hydrogen-bond donors (Lipinski definition) is 1. The van der Waals surface area contributed by atoms with E-state index in [-0.39, 0.29) is 12.2 Å². The lowest BCUT2D eigenvalue weighted by Crippen LogP contribution is -2.51. The molecule has 6 rings (SSSR count). The second-order valence-electron chi connectivity index (χ2n) is 12.7. The molecule has 42 heavy (non-hydrogen) atoms. The number of hydrogen-bond acceptors (Lipinski definition) is 4. The van der Waals surface area contributed by atoms with Crippen molar-refractivity contribution in [3.8, 4) is 5.75 Å². The lowest BCUT2D eigenvalue weighted by Gasteiger charge is -2.44. The highest BCUT2D eigenvalue weighted by Gasteiger charge is 2.45. The average molecular weight is 564 g/mol. The monoisotopic (exact) mass is 563 g/mol. The van der Waals surface area contributed by atoms with Crippen LogP contribution in [0.3, 0.4) is 0 Å². The van der Waals surface area contributed by atoms with E-state index in [4.69, 9.17) is 14.2 Å². The Hall–Kier alpha value is -3.34. The van der Waals surface area contributed by atoms with Gasteiger partial charge in [-0.25, -0.2) is 0 Å². The summed E-state index contributed by atoms with van der Waals surface area (Å²) in [5.41, 5.74) is 5.33. The number of anilines is 1. The lowest BCUT2D eigenvalue weighted by molar-refractivity contribution is -0.168. The van der Waals surface area contributed by atoms with Crippen LogP contribution in [0.15, 0.2) is 84.9 Å². The van der Waals surface area contributed by atoms with E-state index in [2.05, 4.69) is 111 Å². The highest BCUT2D eigenvalue weighted by atomic mass is 16.6. The van der Waals surface area contributed by atoms with Gasteiger partial charge >= 0.3 is 0 Å². The van der Waals surface area contributed by atoms with E-state index < -0.39 is 5.60 Å². The molecule has 4 aromatic rings. The van der Waals surface area contributed by atoms with Crippen LogP contribution in [0.2, 0.25) is 0 Å². The van der Waals surface area contributed by atoms with Gasteiger partial charge in [-0.05, 0) is 84.8 Å². The van der Waals surface area contributed by atoms with Gasteiger partial charge in [0.25, 0.3) is 0 Å². The summed E-state index contributed by atoms with van der Waals surface area (Å²) < 4.78 is 20.2. The Balaban J connectivity index is 1.24. The van der Waals surface area contributed by atoms with Crippen LogP contribution in [0.1, 0.15) is 80.7 Å². The molecular formula is C38H45NO3. The molecule has 4 heteroatoms. The quantitative estimate of drug-likeness (QED) is 0.209. The van der Waals surface area contributed by atoms with Crippen LogP contribution in [0, 0.1) is 12.8 Å². The van der Waals surface area contributed by atoms with Crippen LogP contribution in [0.25, 0.3) is 10.8 Å². The second-order valence-corrected chi connectivity index (χ2v) is 12.7. The Morgan fingerprint density at radius 2 is 1.62 bits per heavy atom. The van der Waals surface area contributed by atoms with Crippen molar-refractivity contribution < 1.29 is 14.2 Å². The Morgan fingerprint density at radius 1 is 0.833 bits per heavy atom. The molecule has 1 aliphatic heterocycles. The first-order chi connectivity index (χ1) is 20.5. The molecule has 2 aliphatic rings. The molecule has 2 atom stereocenters. The molecule has 1 aliphatic carbocycles. The van der Waals surface area contributed by atoms with Crippen LogP contribution in [0.5, 0.6) is 5.75 Å². The molecule has 0 amide bonds. The minimum Gasteiger partial charge on any atom is -0.485 e. The largest absolute Gasteiger partial charge is 0.485 e. The number of aryl methyl sites for hydroxylation is 1. The molecule has 1 saturated carbocycles. The van der Waals surface area contributed by atoms with Gasteiger partial charge in [0.2, 0.25) is 0 Å². The summed E-state index contributed by atoms with van der Waals surface area (Å²) in [4.78, 5) is 0. The fourth-order valence-corrected chi connectivity index (χ4v) is 6.67. The summed E-state index contributed by atoms with van der Waals surface area (Å²) in [6.07, 6.45) is 7.37. The molecule has 220 valence electrons. The van der Waals surface area contributed by atoms with Gasteiger partial charge in [-0.15, -0.1) is 0 Å². The van der Waals surface area contributed by atoms with Crippen molar-refractivity contribution in [2.75, 3.05) is 11.9 Å². The molecule has 0 bridgehead atoms. The molecule has 4 nitrogen and oxygen atoms in total. The zero-order chi connectivity index (χ0) is 28.9. The van der Waals surface area contributed by atoms with E-state index >= 15 is 0 Å². The maximum atomic E-state index is 6.82. The first-order valence-electron chi connectivity index (χ1n) is 15.8. The highest BCUT2D eigenvalue weighted by Crippen LogP contribution is 2.45. The molecule has 1 heterocycles. The molecular weight excluding hydrogens is 518 g/mol. The lowest BCUT2D eigenvalue weighted by atomic mass is 9.86. The van der Waals surface area contributed by atoms with Crippen molar-refractivity contribution in [2.24, 2.45) is 5.92 Å². The maximum Gasteiger partial charge on any atom is 0.132 e. The summed E-state index contributed by atoms with van der Waals surface area (Å²) in [5.74, 6) is 1.65. The molecule has 2 unspecified atom stereocenters. The normalized spacial score (nSPS) is 20.2. The second kappa shape index (κ2) is 12.9. The Morgan fingerprint density at radius 3 is 2.45 bits per heavy atom. The summed E-state index contributed by atoms with van der Waals surface area (Å²) >= 11 is 0. The topological polar surface area (TPSA) is 39.7 Å². The van der Waals surface area contributed by atoms with Crippen LogP contribution in [0.4, 0.5) is 5.69 Å². The molecule has 1 N–H and O–H groups in total. The van der Waals surface area contributed by atoms with E-state index in [1.807, 2.05) is 0 Å². The van der Waals surface area contributed by atoms with Gasteiger partial charge in [0.1, 0.15) is 23.6 Å². The zero-order valence-electron chi connectivity index (χ0n) is 25.4. The number of rotatable bonds is 10. The first-order valence-corrected chi connectivity index (χ1v) is 15.8. The maximum absolute atomic E-state index is 6.82. The van der Waals surface area contributed by atoms with Crippen molar-refractivity contribution in [3.05, 3.63) is 107 Å². The summed E-state index contributed by atoms with van der Waals surface area (Å²) in [6, 6.07) is 30.0. The average Bonchev–Trinajstić information content (AvgIpc) is 3.00. The van der Waals surface area contributed by atoms with Gasteiger partial charge in [-0.2, -0.15) is 0 Å². The van der Waals surface area contributed by atoms with Gasteiger partial charge in [0, 0.05) is 24.4 Å². The smallest absolute Gasteiger partial charge is 0.132 e. The summed E-state index contributed by atoms with van der Waals surface area (Å²) in [6.45, 7) is 8.43. The van der Waals surface area contributed by atoms with Crippen LogP contribution in [-0.2, 0) is 22.6 Å². The van der Waals surface area contributed by atoms with Gasteiger partial charge in [-0.3, -0.25) is 0 Å². The Kier molecular flexibility index (Phi) is 8.83. The molecule has 0 aromatic heterocycles. The number of ether oxygens (including phenoxy) is 3. The standard InChI is InChI=1S/C38H45NO3/c1-27-11-7-8-16-32(27)25-39-33-19-20-35-34(24-33)36(40-22-21-28-12-5-4-6-13-28)37(38(2,3)42-35)41-26-29-17-18-30-14-9-10-15-31(30)23-29/h7-11,14-20,23-24,28,36-37,39H,4-6,12-13,21-22,25-26H2,1-3H3. The van der Waals surface area contributed by atoms with Crippen molar-refractivity contribution >= 4 is 16.5 Å². The third-order valence-corrected chi connectivity index (χ3v) is 9.19. The van der Waals surface area contributed by atoms with Crippen LogP contribution >= 0.6 is 0 Å². The molecule has 0 saturated heterocycles. The predicted octanol–water partition coefficient (Wildman–Crippen LogP) is 9.54. The van der Waals surface area contributed by atoms with Crippen molar-refractivity contribution in [2.45, 2.75) is 90.3 Å². The third-order valence-electron chi connectivity index (χ3n) is 9.19. The minimum atomic E-state index is -0.546. The van der Waals surface area contributed by atoms with E-state index in [1.54, 1.807) is 0 Å². The van der Waals surface area contributed by atoms with Gasteiger partial charge in [-0.1, -0.05) is 92.8 Å². The van der Waals surface area contributed by atoms with E-state index in [0.29, 0.717) is 6.61 Å². The van der Waals surface area contributed by atoms with E-state index in [0.717, 1.165) is 48.1 Å². The van der Waals surface area contributed by atoms with Gasteiger partial charge < -0.3 is 19.5 Å². The zero-order valence-corrected chi connectivity index (χ0v) is 25.4. The van der Waals surface area contributed by atoms with Crippen molar-refractivity contribution in [3.63, 3.8) is 0 Å². The van der Waals surface area contributed by atoms with Crippen molar-refractivity contribution in [1.29, 1.82) is 0 Å². The van der Waals surface area contributed by atoms with Crippen LogP contribution < -0.4 is 10.1 Å². The molecule has 4 aromatic carbocycles. The fourth-order valence-electron chi connectivity index (χ4n) is 6.67. The Bertz CT molecular complexity index is 1490. The molecule has 0 spiro atoms. The van der Waals surface area contributed by atoms with Crippen LogP contribution in [-0.4, -0.2) is 18.3 Å². The number of nitrogens with one attached hydrogen (secondary N) is 1. The Labute approximate surface area is 251 Å². The van der Waals surface area contributed by atoms with Gasteiger partial charge in [0.15, 0.2) is 0 Å². The highest BCUT2D eigenvalue weighted by molar-refractivity contribution is 5.82. The predicted molar refractivity (Wildman–Crippen MR) is 172 cm³/mol. The SMILES string of the molecule is Cc1ccccc1CNc1ccc2c(c1)C(OCCC1CCCCC1)C(OCc1ccc3ccccc3c1)C(C)(C)O2. The number of fused-ring (bicyclic) bond motifs is 2. The van der Waals surface area contributed by atoms with Crippen molar-refractivity contribution in [1.82, 2.24) is 0 Å². The minimum absolute atomic E-state index is 0.215. The van der Waals surface area contributed by atoms with Gasteiger partial charge in [0.05, 0.1) is 6.61 Å². The van der Waals surface area contributed by atoms with E-state index in [1.165, 1.54) is 54.0 Å². The molecule has 0 radical (unpaired) electrons.